The Balaban J connectivity index is 1.30. The van der Waals surface area contributed by atoms with Crippen LogP contribution >= 0.6 is 0 Å². The van der Waals surface area contributed by atoms with E-state index in [2.05, 4.69) is 10.1 Å². The number of benzene rings is 2. The lowest BCUT2D eigenvalue weighted by atomic mass is 10.0. The first-order chi connectivity index (χ1) is 19.0. The van der Waals surface area contributed by atoms with E-state index in [1.807, 2.05) is 36.4 Å². The van der Waals surface area contributed by atoms with Crippen molar-refractivity contribution in [2.45, 2.75) is 50.7 Å². The number of nitrogens with zero attached hydrogens (tertiary/aromatic N) is 4. The predicted octanol–water partition coefficient (Wildman–Crippen LogP) is 5.56. The SMILES string of the molecule is O=C(O)CCCCc1nc2cc(C3=NO[C@H](c4nc5ccccc5o4)C3)ccc2c(=O)n1C1C=CC(F)=CC1. The molecular weight excluding hydrogens is 503 g/mol. The number of hydrogen-bond acceptors (Lipinski definition) is 7. The number of allylic oxidation sites excluding steroid dienone is 4. The Morgan fingerprint density at radius 1 is 1.13 bits per heavy atom. The second-order valence-electron chi connectivity index (χ2n) is 9.64. The molecule has 39 heavy (non-hydrogen) atoms. The summed E-state index contributed by atoms with van der Waals surface area (Å²) in [7, 11) is 0. The normalized spacial score (nSPS) is 18.8. The maximum atomic E-state index is 13.6. The molecule has 0 amide bonds. The van der Waals surface area contributed by atoms with Crippen molar-refractivity contribution in [3.05, 3.63) is 94.2 Å². The monoisotopic (exact) mass is 528 g/mol. The van der Waals surface area contributed by atoms with Crippen LogP contribution in [-0.4, -0.2) is 31.3 Å². The molecule has 2 aliphatic rings. The Kier molecular flexibility index (Phi) is 6.52. The highest BCUT2D eigenvalue weighted by molar-refractivity contribution is 6.03. The van der Waals surface area contributed by atoms with Crippen molar-refractivity contribution in [2.75, 3.05) is 0 Å². The highest BCUT2D eigenvalue weighted by Gasteiger charge is 2.29. The third-order valence-electron chi connectivity index (χ3n) is 6.97. The molecule has 1 aliphatic carbocycles. The van der Waals surface area contributed by atoms with Gasteiger partial charge >= 0.3 is 5.97 Å². The van der Waals surface area contributed by atoms with Crippen LogP contribution in [0.25, 0.3) is 22.0 Å². The maximum absolute atomic E-state index is 13.6. The summed E-state index contributed by atoms with van der Waals surface area (Å²) in [6.45, 7) is 0. The van der Waals surface area contributed by atoms with Gasteiger partial charge in [-0.05, 0) is 55.7 Å². The molecule has 10 heteroatoms. The van der Waals surface area contributed by atoms with Gasteiger partial charge in [0.1, 0.15) is 17.2 Å². The van der Waals surface area contributed by atoms with Crippen molar-refractivity contribution in [3.8, 4) is 0 Å². The number of oxazole rings is 1. The number of aliphatic carboxylic acids is 1. The van der Waals surface area contributed by atoms with E-state index in [0.29, 0.717) is 66.0 Å². The lowest BCUT2D eigenvalue weighted by Gasteiger charge is -2.21. The van der Waals surface area contributed by atoms with Gasteiger partial charge in [-0.2, -0.15) is 0 Å². The van der Waals surface area contributed by atoms with E-state index in [1.54, 1.807) is 16.7 Å². The average Bonchev–Trinajstić information content (AvgIpc) is 3.59. The molecule has 0 bridgehead atoms. The Bertz CT molecular complexity index is 1700. The fourth-order valence-corrected chi connectivity index (χ4v) is 4.98. The molecule has 198 valence electrons. The van der Waals surface area contributed by atoms with Crippen LogP contribution in [0.5, 0.6) is 0 Å². The van der Waals surface area contributed by atoms with Crippen LogP contribution in [0.1, 0.15) is 61.5 Å². The molecule has 2 aromatic heterocycles. The highest BCUT2D eigenvalue weighted by Crippen LogP contribution is 2.32. The zero-order valence-corrected chi connectivity index (χ0v) is 20.9. The molecule has 1 N–H and O–H groups in total. The molecule has 3 heterocycles. The molecule has 0 saturated carbocycles. The van der Waals surface area contributed by atoms with E-state index in [1.165, 1.54) is 12.2 Å². The fourth-order valence-electron chi connectivity index (χ4n) is 4.98. The van der Waals surface area contributed by atoms with Crippen LogP contribution in [0.4, 0.5) is 4.39 Å². The van der Waals surface area contributed by atoms with Gasteiger partial charge in [0.05, 0.1) is 22.7 Å². The summed E-state index contributed by atoms with van der Waals surface area (Å²) in [5.41, 5.74) is 3.17. The maximum Gasteiger partial charge on any atom is 0.303 e. The first kappa shape index (κ1) is 24.7. The first-order valence-corrected chi connectivity index (χ1v) is 12.9. The van der Waals surface area contributed by atoms with Gasteiger partial charge in [0, 0.05) is 24.8 Å². The van der Waals surface area contributed by atoms with Crippen LogP contribution in [0.3, 0.4) is 0 Å². The van der Waals surface area contributed by atoms with Crippen molar-refractivity contribution >= 4 is 33.7 Å². The van der Waals surface area contributed by atoms with E-state index in [9.17, 15) is 14.0 Å². The summed E-state index contributed by atoms with van der Waals surface area (Å²) in [6, 6.07) is 12.5. The van der Waals surface area contributed by atoms with Crippen LogP contribution in [0, 0.1) is 0 Å². The smallest absolute Gasteiger partial charge is 0.303 e. The van der Waals surface area contributed by atoms with Gasteiger partial charge in [0.2, 0.25) is 12.0 Å². The van der Waals surface area contributed by atoms with Gasteiger partial charge in [-0.15, -0.1) is 0 Å². The fraction of sp³-hybridized carbons (Fsp3) is 0.276. The molecule has 1 unspecified atom stereocenters. The molecule has 6 rings (SSSR count). The minimum absolute atomic E-state index is 0.0420. The second-order valence-corrected chi connectivity index (χ2v) is 9.64. The van der Waals surface area contributed by atoms with Crippen LogP contribution < -0.4 is 5.56 Å². The number of hydrogen-bond donors (Lipinski definition) is 1. The summed E-state index contributed by atoms with van der Waals surface area (Å²) in [6.07, 6.45) is 6.27. The van der Waals surface area contributed by atoms with Crippen LogP contribution in [0.15, 0.2) is 80.9 Å². The number of unbranched alkanes of at least 4 members (excludes halogenated alkanes) is 1. The Morgan fingerprint density at radius 3 is 2.79 bits per heavy atom. The number of fused-ring (bicyclic) bond motifs is 2. The number of carboxylic acids is 1. The quantitative estimate of drug-likeness (QED) is 0.298. The molecule has 0 saturated heterocycles. The molecule has 9 nitrogen and oxygen atoms in total. The minimum Gasteiger partial charge on any atom is -0.481 e. The van der Waals surface area contributed by atoms with Crippen molar-refractivity contribution in [1.29, 1.82) is 0 Å². The third kappa shape index (κ3) is 4.97. The Morgan fingerprint density at radius 2 is 2.00 bits per heavy atom. The number of halogens is 1. The highest BCUT2D eigenvalue weighted by atomic mass is 19.1. The van der Waals surface area contributed by atoms with Gasteiger partial charge in [0.25, 0.3) is 5.56 Å². The molecule has 4 aromatic rings. The molecule has 2 aromatic carbocycles. The van der Waals surface area contributed by atoms with Crippen LogP contribution in [-0.2, 0) is 16.1 Å². The molecule has 1 aliphatic heterocycles. The molecule has 2 atom stereocenters. The largest absolute Gasteiger partial charge is 0.481 e. The second kappa shape index (κ2) is 10.3. The number of aromatic nitrogens is 3. The van der Waals surface area contributed by atoms with Gasteiger partial charge in [-0.1, -0.05) is 29.4 Å². The summed E-state index contributed by atoms with van der Waals surface area (Å²) in [5.74, 6) is -0.216. The van der Waals surface area contributed by atoms with Gasteiger partial charge < -0.3 is 14.4 Å². The zero-order chi connectivity index (χ0) is 26.9. The number of rotatable bonds is 8. The van der Waals surface area contributed by atoms with Gasteiger partial charge in [-0.25, -0.2) is 14.4 Å². The lowest BCUT2D eigenvalue weighted by Crippen LogP contribution is -2.29. The number of oxime groups is 1. The molecule has 0 spiro atoms. The third-order valence-corrected chi connectivity index (χ3v) is 6.97. The van der Waals surface area contributed by atoms with Crippen molar-refractivity contribution in [2.24, 2.45) is 5.16 Å². The summed E-state index contributed by atoms with van der Waals surface area (Å²) >= 11 is 0. The summed E-state index contributed by atoms with van der Waals surface area (Å²) in [5, 5.41) is 13.7. The van der Waals surface area contributed by atoms with E-state index >= 15 is 0 Å². The number of carbonyl (C=O) groups is 1. The van der Waals surface area contributed by atoms with E-state index in [4.69, 9.17) is 19.3 Å². The number of aryl methyl sites for hydroxylation is 1. The molecular formula is C29H25FN4O5. The topological polar surface area (TPSA) is 120 Å². The number of carboxylic acid groups (broad SMARTS) is 1. The standard InChI is InChI=1S/C29H25FN4O5/c30-18-10-12-19(13-11-18)34-26(7-3-4-8-27(35)36)31-23-15-17(9-14-20(23)29(34)37)22-16-25(39-33-22)28-32-21-5-1-2-6-24(21)38-28/h1-2,5-6,9-12,14-15,19,25H,3-4,7-8,13,16H2,(H,35,36)/t19?,25-/m0/s1. The van der Waals surface area contributed by atoms with E-state index in [-0.39, 0.29) is 23.8 Å². The molecule has 0 fully saturated rings. The summed E-state index contributed by atoms with van der Waals surface area (Å²) in [4.78, 5) is 39.6. The van der Waals surface area contributed by atoms with Crippen LogP contribution in [0.2, 0.25) is 0 Å². The molecule has 0 radical (unpaired) electrons. The first-order valence-electron chi connectivity index (χ1n) is 12.9. The van der Waals surface area contributed by atoms with Crippen molar-refractivity contribution < 1.29 is 23.5 Å². The van der Waals surface area contributed by atoms with E-state index < -0.39 is 12.1 Å². The van der Waals surface area contributed by atoms with Gasteiger partial charge in [-0.3, -0.25) is 14.2 Å². The van der Waals surface area contributed by atoms with Gasteiger partial charge in [0.15, 0.2) is 5.58 Å². The Hall–Kier alpha value is -4.60. The average molecular weight is 529 g/mol. The predicted molar refractivity (Wildman–Crippen MR) is 142 cm³/mol. The summed E-state index contributed by atoms with van der Waals surface area (Å²) < 4.78 is 21.1. The van der Waals surface area contributed by atoms with E-state index in [0.717, 1.165) is 11.1 Å². The van der Waals surface area contributed by atoms with Crippen molar-refractivity contribution in [3.63, 3.8) is 0 Å². The Labute approximate surface area is 221 Å². The lowest BCUT2D eigenvalue weighted by molar-refractivity contribution is -0.137. The minimum atomic E-state index is -0.866. The number of para-hydroxylation sites is 2. The zero-order valence-electron chi connectivity index (χ0n) is 20.9. The van der Waals surface area contributed by atoms with Crippen molar-refractivity contribution in [1.82, 2.24) is 14.5 Å².